The van der Waals surface area contributed by atoms with Crippen LogP contribution in [0.1, 0.15) is 43.1 Å². The van der Waals surface area contributed by atoms with E-state index >= 15 is 0 Å². The molecule has 0 aliphatic carbocycles. The zero-order valence-electron chi connectivity index (χ0n) is 14.6. The summed E-state index contributed by atoms with van der Waals surface area (Å²) in [6, 6.07) is 12.3. The van der Waals surface area contributed by atoms with Crippen molar-refractivity contribution in [1.29, 1.82) is 0 Å². The second kappa shape index (κ2) is 6.63. The number of hydrogen-bond donors (Lipinski definition) is 1. The summed E-state index contributed by atoms with van der Waals surface area (Å²) >= 11 is 0. The molecule has 4 rings (SSSR count). The van der Waals surface area contributed by atoms with Gasteiger partial charge in [0.15, 0.2) is 5.82 Å². The monoisotopic (exact) mass is 334 g/mol. The van der Waals surface area contributed by atoms with Crippen LogP contribution in [0.2, 0.25) is 0 Å². The first-order valence-corrected chi connectivity index (χ1v) is 8.83. The molecule has 1 aliphatic rings. The summed E-state index contributed by atoms with van der Waals surface area (Å²) < 4.78 is 0. The van der Waals surface area contributed by atoms with Crippen LogP contribution in [0.5, 0.6) is 0 Å². The van der Waals surface area contributed by atoms with Gasteiger partial charge in [0, 0.05) is 23.9 Å². The van der Waals surface area contributed by atoms with E-state index in [1.165, 1.54) is 0 Å². The molecular formula is C19H22N6. The molecule has 1 aromatic carbocycles. The minimum atomic E-state index is 0.184. The summed E-state index contributed by atoms with van der Waals surface area (Å²) in [7, 11) is 0. The third-order valence-electron chi connectivity index (χ3n) is 4.64. The Kier molecular flexibility index (Phi) is 4.17. The smallest absolute Gasteiger partial charge is 0.181 e. The van der Waals surface area contributed by atoms with Gasteiger partial charge in [0.05, 0.1) is 6.04 Å². The van der Waals surface area contributed by atoms with E-state index in [-0.39, 0.29) is 6.04 Å². The van der Waals surface area contributed by atoms with Gasteiger partial charge in [-0.3, -0.25) is 5.10 Å². The molecule has 0 radical (unpaired) electrons. The van der Waals surface area contributed by atoms with Gasteiger partial charge in [-0.2, -0.15) is 5.10 Å². The zero-order valence-corrected chi connectivity index (χ0v) is 14.6. The van der Waals surface area contributed by atoms with Gasteiger partial charge in [-0.25, -0.2) is 15.0 Å². The standard InChI is InChI=1S/C19H22N6/c1-3-15-12-17(21-13(2)20-15)25-11-7-10-16(25)19-22-18(23-24-19)14-8-5-4-6-9-14/h4-6,8-9,12,16H,3,7,10-11H2,1-2H3,(H,22,23,24). The van der Waals surface area contributed by atoms with Gasteiger partial charge in [-0.15, -0.1) is 0 Å². The molecule has 3 aromatic rings. The fourth-order valence-corrected chi connectivity index (χ4v) is 3.41. The maximum atomic E-state index is 4.75. The lowest BCUT2D eigenvalue weighted by atomic mass is 10.2. The second-order valence-electron chi connectivity index (χ2n) is 6.38. The molecule has 6 heteroatoms. The van der Waals surface area contributed by atoms with Crippen LogP contribution in [0.25, 0.3) is 11.4 Å². The molecule has 1 atom stereocenters. The van der Waals surface area contributed by atoms with E-state index in [1.54, 1.807) is 0 Å². The second-order valence-corrected chi connectivity index (χ2v) is 6.38. The molecule has 3 heterocycles. The Morgan fingerprint density at radius 2 is 2.00 bits per heavy atom. The van der Waals surface area contributed by atoms with Crippen molar-refractivity contribution < 1.29 is 0 Å². The van der Waals surface area contributed by atoms with Crippen molar-refractivity contribution in [2.24, 2.45) is 0 Å². The normalized spacial score (nSPS) is 17.2. The first kappa shape index (κ1) is 15.7. The molecule has 128 valence electrons. The average molecular weight is 334 g/mol. The van der Waals surface area contributed by atoms with Crippen molar-refractivity contribution in [2.45, 2.75) is 39.2 Å². The summed E-state index contributed by atoms with van der Waals surface area (Å²) in [5.41, 5.74) is 2.11. The van der Waals surface area contributed by atoms with Crippen LogP contribution in [-0.2, 0) is 6.42 Å². The molecule has 0 saturated carbocycles. The highest BCUT2D eigenvalue weighted by Gasteiger charge is 2.30. The van der Waals surface area contributed by atoms with Crippen LogP contribution in [0, 0.1) is 6.92 Å². The van der Waals surface area contributed by atoms with Crippen LogP contribution in [0.3, 0.4) is 0 Å². The number of rotatable bonds is 4. The van der Waals surface area contributed by atoms with Crippen LogP contribution in [-0.4, -0.2) is 31.7 Å². The Morgan fingerprint density at radius 3 is 2.80 bits per heavy atom. The van der Waals surface area contributed by atoms with Crippen LogP contribution < -0.4 is 4.90 Å². The Morgan fingerprint density at radius 1 is 1.16 bits per heavy atom. The van der Waals surface area contributed by atoms with Crippen LogP contribution in [0.15, 0.2) is 36.4 Å². The highest BCUT2D eigenvalue weighted by molar-refractivity contribution is 5.54. The molecule has 0 spiro atoms. The van der Waals surface area contributed by atoms with Crippen molar-refractivity contribution in [3.63, 3.8) is 0 Å². The van der Waals surface area contributed by atoms with E-state index < -0.39 is 0 Å². The quantitative estimate of drug-likeness (QED) is 0.791. The van der Waals surface area contributed by atoms with Crippen molar-refractivity contribution in [3.05, 3.63) is 53.7 Å². The Balaban J connectivity index is 1.64. The Hall–Kier alpha value is -2.76. The molecule has 1 unspecified atom stereocenters. The molecule has 1 aliphatic heterocycles. The fraction of sp³-hybridized carbons (Fsp3) is 0.368. The summed E-state index contributed by atoms with van der Waals surface area (Å²) in [6.07, 6.45) is 3.08. The van der Waals surface area contributed by atoms with Crippen molar-refractivity contribution in [2.75, 3.05) is 11.4 Å². The first-order chi connectivity index (χ1) is 12.2. The zero-order chi connectivity index (χ0) is 17.2. The number of H-pyrrole nitrogens is 1. The van der Waals surface area contributed by atoms with Crippen molar-refractivity contribution >= 4 is 5.82 Å². The number of nitrogens with one attached hydrogen (secondary N) is 1. The van der Waals surface area contributed by atoms with E-state index in [2.05, 4.69) is 38.1 Å². The largest absolute Gasteiger partial charge is 0.346 e. The van der Waals surface area contributed by atoms with Crippen molar-refractivity contribution in [3.8, 4) is 11.4 Å². The molecule has 1 fully saturated rings. The topological polar surface area (TPSA) is 70.6 Å². The van der Waals surface area contributed by atoms with Crippen molar-refractivity contribution in [1.82, 2.24) is 25.1 Å². The molecule has 25 heavy (non-hydrogen) atoms. The lowest BCUT2D eigenvalue weighted by Gasteiger charge is -2.24. The minimum absolute atomic E-state index is 0.184. The molecule has 0 bridgehead atoms. The van der Waals surface area contributed by atoms with E-state index in [9.17, 15) is 0 Å². The van der Waals surface area contributed by atoms with Gasteiger partial charge in [0.2, 0.25) is 0 Å². The minimum Gasteiger partial charge on any atom is -0.346 e. The summed E-state index contributed by atoms with van der Waals surface area (Å²) in [5, 5.41) is 7.56. The summed E-state index contributed by atoms with van der Waals surface area (Å²) in [6.45, 7) is 5.05. The SMILES string of the molecule is CCc1cc(N2CCCC2c2nc(-c3ccccc3)n[nH]2)nc(C)n1. The van der Waals surface area contributed by atoms with E-state index in [4.69, 9.17) is 4.98 Å². The maximum absolute atomic E-state index is 4.75. The fourth-order valence-electron chi connectivity index (χ4n) is 3.41. The summed E-state index contributed by atoms with van der Waals surface area (Å²) in [4.78, 5) is 16.2. The number of aromatic amines is 1. The lowest BCUT2D eigenvalue weighted by molar-refractivity contribution is 0.661. The van der Waals surface area contributed by atoms with E-state index in [1.807, 2.05) is 37.3 Å². The van der Waals surface area contributed by atoms with Crippen LogP contribution >= 0.6 is 0 Å². The van der Waals surface area contributed by atoms with E-state index in [0.29, 0.717) is 0 Å². The first-order valence-electron chi connectivity index (χ1n) is 8.83. The van der Waals surface area contributed by atoms with Crippen LogP contribution in [0.4, 0.5) is 5.82 Å². The summed E-state index contributed by atoms with van der Waals surface area (Å²) in [5.74, 6) is 3.47. The maximum Gasteiger partial charge on any atom is 0.181 e. The third-order valence-corrected chi connectivity index (χ3v) is 4.64. The number of hydrogen-bond acceptors (Lipinski definition) is 5. The molecule has 1 N–H and O–H groups in total. The average Bonchev–Trinajstić information content (AvgIpc) is 3.31. The number of aryl methyl sites for hydroxylation is 2. The number of aromatic nitrogens is 5. The Bertz CT molecular complexity index is 857. The predicted molar refractivity (Wildman–Crippen MR) is 97.3 cm³/mol. The molecule has 0 amide bonds. The van der Waals surface area contributed by atoms with E-state index in [0.717, 1.165) is 60.4 Å². The predicted octanol–water partition coefficient (Wildman–Crippen LogP) is 3.47. The van der Waals surface area contributed by atoms with Gasteiger partial charge in [0.1, 0.15) is 17.5 Å². The molecule has 2 aromatic heterocycles. The highest BCUT2D eigenvalue weighted by Crippen LogP contribution is 2.34. The lowest BCUT2D eigenvalue weighted by Crippen LogP contribution is -2.25. The molecular weight excluding hydrogens is 312 g/mol. The van der Waals surface area contributed by atoms with Gasteiger partial charge in [0.25, 0.3) is 0 Å². The number of benzene rings is 1. The molecule has 1 saturated heterocycles. The van der Waals surface area contributed by atoms with Gasteiger partial charge < -0.3 is 4.90 Å². The van der Waals surface area contributed by atoms with Gasteiger partial charge in [-0.05, 0) is 26.2 Å². The number of anilines is 1. The number of nitrogens with zero attached hydrogens (tertiary/aromatic N) is 5. The van der Waals surface area contributed by atoms with Gasteiger partial charge in [-0.1, -0.05) is 37.3 Å². The highest BCUT2D eigenvalue weighted by atomic mass is 15.3. The molecule has 6 nitrogen and oxygen atoms in total. The Labute approximate surface area is 147 Å². The van der Waals surface area contributed by atoms with Gasteiger partial charge >= 0.3 is 0 Å². The third kappa shape index (κ3) is 3.12.